The zero-order valence-electron chi connectivity index (χ0n) is 17.2. The molecule has 0 amide bonds. The SMILES string of the molecule is CCn1c(C)cc([C@@H]2[C@@H](c3ccccn3)NC(=S)N2c2ccc(OC)cc2)c1C. The molecule has 3 heterocycles. The molecule has 6 heteroatoms. The van der Waals surface area contributed by atoms with Crippen LogP contribution < -0.4 is 15.0 Å². The van der Waals surface area contributed by atoms with Crippen molar-refractivity contribution in [2.45, 2.75) is 39.4 Å². The number of ether oxygens (including phenoxy) is 1. The summed E-state index contributed by atoms with van der Waals surface area (Å²) in [6, 6.07) is 16.3. The first kappa shape index (κ1) is 19.5. The van der Waals surface area contributed by atoms with Gasteiger partial charge in [-0.05, 0) is 81.0 Å². The van der Waals surface area contributed by atoms with Crippen molar-refractivity contribution in [1.29, 1.82) is 0 Å². The largest absolute Gasteiger partial charge is 0.497 e. The number of aromatic nitrogens is 2. The van der Waals surface area contributed by atoms with E-state index in [1.807, 2.05) is 30.5 Å². The van der Waals surface area contributed by atoms with E-state index < -0.39 is 0 Å². The first-order chi connectivity index (χ1) is 14.0. The van der Waals surface area contributed by atoms with Crippen molar-refractivity contribution >= 4 is 23.0 Å². The van der Waals surface area contributed by atoms with Crippen molar-refractivity contribution in [1.82, 2.24) is 14.9 Å². The lowest BCUT2D eigenvalue weighted by molar-refractivity contribution is 0.415. The van der Waals surface area contributed by atoms with Crippen LogP contribution in [0.2, 0.25) is 0 Å². The molecule has 1 saturated heterocycles. The Morgan fingerprint density at radius 3 is 2.48 bits per heavy atom. The summed E-state index contributed by atoms with van der Waals surface area (Å²) in [4.78, 5) is 6.83. The lowest BCUT2D eigenvalue weighted by atomic mass is 9.96. The lowest BCUT2D eigenvalue weighted by Gasteiger charge is -2.28. The Bertz CT molecular complexity index is 1010. The van der Waals surface area contributed by atoms with Crippen LogP contribution in [0.15, 0.2) is 54.7 Å². The number of methoxy groups -OCH3 is 1. The van der Waals surface area contributed by atoms with Gasteiger partial charge in [-0.15, -0.1) is 0 Å². The fourth-order valence-electron chi connectivity index (χ4n) is 4.31. The Balaban J connectivity index is 1.85. The van der Waals surface area contributed by atoms with Crippen LogP contribution in [0.1, 0.15) is 41.7 Å². The third kappa shape index (κ3) is 3.38. The Morgan fingerprint density at radius 2 is 1.90 bits per heavy atom. The summed E-state index contributed by atoms with van der Waals surface area (Å²) in [6.45, 7) is 7.47. The Labute approximate surface area is 177 Å². The summed E-state index contributed by atoms with van der Waals surface area (Å²) in [5.74, 6) is 0.828. The van der Waals surface area contributed by atoms with Crippen LogP contribution in [0.5, 0.6) is 5.75 Å². The van der Waals surface area contributed by atoms with Gasteiger partial charge in [0.15, 0.2) is 5.11 Å². The van der Waals surface area contributed by atoms with Crippen LogP contribution in [0, 0.1) is 13.8 Å². The summed E-state index contributed by atoms with van der Waals surface area (Å²) in [5.41, 5.74) is 5.81. The highest BCUT2D eigenvalue weighted by atomic mass is 32.1. The van der Waals surface area contributed by atoms with Gasteiger partial charge >= 0.3 is 0 Å². The predicted octanol–water partition coefficient (Wildman–Crippen LogP) is 4.71. The molecule has 3 aromatic rings. The minimum absolute atomic E-state index is 0.0114. The number of benzene rings is 1. The van der Waals surface area contributed by atoms with Crippen LogP contribution in [-0.4, -0.2) is 21.8 Å². The maximum absolute atomic E-state index is 5.80. The minimum Gasteiger partial charge on any atom is -0.497 e. The molecule has 0 spiro atoms. The van der Waals surface area contributed by atoms with Gasteiger partial charge in [0.1, 0.15) is 5.75 Å². The van der Waals surface area contributed by atoms with E-state index in [0.29, 0.717) is 5.11 Å². The molecular formula is C23H26N4OS. The average molecular weight is 407 g/mol. The van der Waals surface area contributed by atoms with Gasteiger partial charge < -0.3 is 19.5 Å². The molecule has 1 aliphatic rings. The van der Waals surface area contributed by atoms with Crippen molar-refractivity contribution < 1.29 is 4.74 Å². The molecule has 2 atom stereocenters. The minimum atomic E-state index is -0.0309. The summed E-state index contributed by atoms with van der Waals surface area (Å²) in [5, 5.41) is 4.23. The molecule has 29 heavy (non-hydrogen) atoms. The van der Waals surface area contributed by atoms with Gasteiger partial charge in [0.25, 0.3) is 0 Å². The number of thiocarbonyl (C=S) groups is 1. The van der Waals surface area contributed by atoms with Crippen LogP contribution in [0.4, 0.5) is 5.69 Å². The number of pyridine rings is 1. The van der Waals surface area contributed by atoms with E-state index in [1.165, 1.54) is 17.0 Å². The quantitative estimate of drug-likeness (QED) is 0.622. The second-order valence-corrected chi connectivity index (χ2v) is 7.65. The van der Waals surface area contributed by atoms with E-state index in [9.17, 15) is 0 Å². The molecule has 1 fully saturated rings. The van der Waals surface area contributed by atoms with E-state index in [2.05, 4.69) is 64.8 Å². The highest BCUT2D eigenvalue weighted by Crippen LogP contribution is 2.43. The molecule has 1 N–H and O–H groups in total. The number of rotatable bonds is 5. The molecule has 0 aliphatic carbocycles. The topological polar surface area (TPSA) is 42.3 Å². The molecule has 0 bridgehead atoms. The number of nitrogens with zero attached hydrogens (tertiary/aromatic N) is 3. The van der Waals surface area contributed by atoms with Crippen LogP contribution in [0.25, 0.3) is 0 Å². The highest BCUT2D eigenvalue weighted by molar-refractivity contribution is 7.80. The Hall–Kier alpha value is -2.86. The molecule has 5 nitrogen and oxygen atoms in total. The molecule has 1 aliphatic heterocycles. The molecule has 0 radical (unpaired) electrons. The first-order valence-electron chi connectivity index (χ1n) is 9.86. The summed E-state index contributed by atoms with van der Waals surface area (Å²) in [6.07, 6.45) is 1.84. The Kier molecular flexibility index (Phi) is 5.28. The van der Waals surface area contributed by atoms with Gasteiger partial charge in [0.05, 0.1) is 24.9 Å². The lowest BCUT2D eigenvalue weighted by Crippen LogP contribution is -2.29. The predicted molar refractivity (Wildman–Crippen MR) is 121 cm³/mol. The van der Waals surface area contributed by atoms with E-state index in [0.717, 1.165) is 23.7 Å². The summed E-state index contributed by atoms with van der Waals surface area (Å²) < 4.78 is 7.68. The van der Waals surface area contributed by atoms with E-state index >= 15 is 0 Å². The standard InChI is InChI=1S/C23H26N4OS/c1-5-26-15(2)14-19(16(26)3)22-21(20-8-6-7-13-24-20)25-23(29)27(22)17-9-11-18(28-4)12-10-17/h6-14,21-22H,5H2,1-4H3,(H,25,29)/t21-,22-/m1/s1. The molecular weight excluding hydrogens is 380 g/mol. The van der Waals surface area contributed by atoms with Crippen molar-refractivity contribution in [2.24, 2.45) is 0 Å². The van der Waals surface area contributed by atoms with Gasteiger partial charge in [0.2, 0.25) is 0 Å². The molecule has 0 unspecified atom stereocenters. The second-order valence-electron chi connectivity index (χ2n) is 7.27. The normalized spacial score (nSPS) is 18.8. The van der Waals surface area contributed by atoms with Gasteiger partial charge in [-0.2, -0.15) is 0 Å². The molecule has 4 rings (SSSR count). The molecule has 2 aromatic heterocycles. The van der Waals surface area contributed by atoms with E-state index in [4.69, 9.17) is 17.0 Å². The third-order valence-electron chi connectivity index (χ3n) is 5.70. The van der Waals surface area contributed by atoms with Crippen LogP contribution in [0.3, 0.4) is 0 Å². The van der Waals surface area contributed by atoms with Gasteiger partial charge in [-0.3, -0.25) is 4.98 Å². The smallest absolute Gasteiger partial charge is 0.174 e. The monoisotopic (exact) mass is 406 g/mol. The van der Waals surface area contributed by atoms with Gasteiger partial charge in [-0.25, -0.2) is 0 Å². The fourth-order valence-corrected chi connectivity index (χ4v) is 4.65. The Morgan fingerprint density at radius 1 is 1.14 bits per heavy atom. The van der Waals surface area contributed by atoms with Crippen molar-refractivity contribution in [3.8, 4) is 5.75 Å². The highest BCUT2D eigenvalue weighted by Gasteiger charge is 2.42. The van der Waals surface area contributed by atoms with Crippen molar-refractivity contribution in [3.05, 3.63) is 77.4 Å². The average Bonchev–Trinajstić information content (AvgIpc) is 3.24. The number of nitrogens with one attached hydrogen (secondary N) is 1. The first-order valence-corrected chi connectivity index (χ1v) is 10.3. The molecule has 0 saturated carbocycles. The number of hydrogen-bond donors (Lipinski definition) is 1. The van der Waals surface area contributed by atoms with Gasteiger partial charge in [0, 0.05) is 29.8 Å². The number of hydrogen-bond acceptors (Lipinski definition) is 3. The maximum atomic E-state index is 5.80. The fraction of sp³-hybridized carbons (Fsp3) is 0.304. The van der Waals surface area contributed by atoms with E-state index in [1.54, 1.807) is 7.11 Å². The van der Waals surface area contributed by atoms with Gasteiger partial charge in [-0.1, -0.05) is 6.07 Å². The van der Waals surface area contributed by atoms with Crippen LogP contribution >= 0.6 is 12.2 Å². The van der Waals surface area contributed by atoms with Crippen molar-refractivity contribution in [2.75, 3.05) is 12.0 Å². The van der Waals surface area contributed by atoms with Crippen molar-refractivity contribution in [3.63, 3.8) is 0 Å². The number of anilines is 1. The summed E-state index contributed by atoms with van der Waals surface area (Å²) >= 11 is 5.80. The molecule has 150 valence electrons. The number of aryl methyl sites for hydroxylation is 1. The van der Waals surface area contributed by atoms with E-state index in [-0.39, 0.29) is 12.1 Å². The summed E-state index contributed by atoms with van der Waals surface area (Å²) in [7, 11) is 1.68. The van der Waals surface area contributed by atoms with Crippen LogP contribution in [-0.2, 0) is 6.54 Å². The zero-order chi connectivity index (χ0) is 20.5. The molecule has 1 aromatic carbocycles. The maximum Gasteiger partial charge on any atom is 0.174 e. The zero-order valence-corrected chi connectivity index (χ0v) is 18.0. The second kappa shape index (κ2) is 7.87. The third-order valence-corrected chi connectivity index (χ3v) is 6.01.